The number of nitrogens with zero attached hydrogens (tertiary/aromatic N) is 4. The second kappa shape index (κ2) is 3.93. The fraction of sp³-hybridized carbons (Fsp3) is 0.500. The van der Waals surface area contributed by atoms with E-state index in [2.05, 4.69) is 10.00 Å². The van der Waals surface area contributed by atoms with Gasteiger partial charge in [-0.3, -0.25) is 9.30 Å². The summed E-state index contributed by atoms with van der Waals surface area (Å²) in [7, 11) is 0. The van der Waals surface area contributed by atoms with Crippen LogP contribution in [0.1, 0.15) is 6.92 Å². The Kier molecular flexibility index (Phi) is 2.49. The maximum Gasteiger partial charge on any atom is 0.350 e. The summed E-state index contributed by atoms with van der Waals surface area (Å²) in [6.45, 7) is 4.43. The second-order valence-electron chi connectivity index (χ2n) is 5.14. The molecule has 0 spiro atoms. The molecule has 2 aromatic heterocycles. The molecule has 3 heterocycles. The Labute approximate surface area is 104 Å². The first kappa shape index (κ1) is 11.4. The van der Waals surface area contributed by atoms with E-state index in [-0.39, 0.29) is 5.69 Å². The molecule has 1 N–H and O–H groups in total. The molecule has 6 heteroatoms. The maximum atomic E-state index is 12.0. The third-order valence-corrected chi connectivity index (χ3v) is 3.24. The number of aliphatic hydroxyl groups is 1. The van der Waals surface area contributed by atoms with E-state index in [1.165, 1.54) is 9.08 Å². The van der Waals surface area contributed by atoms with Crippen molar-refractivity contribution in [1.82, 2.24) is 19.1 Å². The van der Waals surface area contributed by atoms with Crippen molar-refractivity contribution < 1.29 is 5.11 Å². The molecule has 2 aromatic rings. The molecular weight excluding hydrogens is 232 g/mol. The van der Waals surface area contributed by atoms with Gasteiger partial charge in [0.25, 0.3) is 0 Å². The molecule has 0 saturated carbocycles. The largest absolute Gasteiger partial charge is 0.388 e. The van der Waals surface area contributed by atoms with Crippen molar-refractivity contribution in [1.29, 1.82) is 0 Å². The Hall–Kier alpha value is -1.66. The Morgan fingerprint density at radius 3 is 2.83 bits per heavy atom. The van der Waals surface area contributed by atoms with Crippen molar-refractivity contribution in [2.24, 2.45) is 0 Å². The summed E-state index contributed by atoms with van der Waals surface area (Å²) in [6, 6.07) is 5.48. The summed E-state index contributed by atoms with van der Waals surface area (Å²) in [5.74, 6) is 0. The highest BCUT2D eigenvalue weighted by atomic mass is 16.3. The van der Waals surface area contributed by atoms with Crippen LogP contribution in [0.15, 0.2) is 29.2 Å². The van der Waals surface area contributed by atoms with E-state index in [0.29, 0.717) is 25.3 Å². The van der Waals surface area contributed by atoms with Crippen LogP contribution in [-0.2, 0) is 6.54 Å². The minimum Gasteiger partial charge on any atom is -0.388 e. The minimum atomic E-state index is -0.566. The van der Waals surface area contributed by atoms with Gasteiger partial charge in [0.1, 0.15) is 0 Å². The van der Waals surface area contributed by atoms with Crippen molar-refractivity contribution in [3.8, 4) is 0 Å². The molecule has 96 valence electrons. The highest BCUT2D eigenvalue weighted by molar-refractivity contribution is 5.35. The van der Waals surface area contributed by atoms with Crippen molar-refractivity contribution in [3.05, 3.63) is 34.9 Å². The molecule has 0 unspecified atom stereocenters. The third kappa shape index (κ3) is 1.93. The Morgan fingerprint density at radius 2 is 2.17 bits per heavy atom. The molecule has 0 atom stereocenters. The first-order valence-corrected chi connectivity index (χ1v) is 6.04. The summed E-state index contributed by atoms with van der Waals surface area (Å²) >= 11 is 0. The van der Waals surface area contributed by atoms with Gasteiger partial charge in [-0.25, -0.2) is 9.48 Å². The zero-order valence-electron chi connectivity index (χ0n) is 10.3. The number of fused-ring (bicyclic) bond motifs is 1. The minimum absolute atomic E-state index is 0.113. The molecule has 1 aliphatic heterocycles. The molecule has 0 aromatic carbocycles. The number of aromatic nitrogens is 3. The van der Waals surface area contributed by atoms with Gasteiger partial charge in [-0.05, 0) is 19.1 Å². The number of likely N-dealkylation sites (tertiary alicyclic amines) is 1. The SMILES string of the molecule is CC1(O)CN(CCn2nc3ccccn3c2=O)C1. The molecule has 0 radical (unpaired) electrons. The normalized spacial score (nSPS) is 19.0. The van der Waals surface area contributed by atoms with Crippen molar-refractivity contribution in [2.75, 3.05) is 19.6 Å². The summed E-state index contributed by atoms with van der Waals surface area (Å²) < 4.78 is 3.01. The lowest BCUT2D eigenvalue weighted by Gasteiger charge is -2.44. The molecule has 1 saturated heterocycles. The van der Waals surface area contributed by atoms with Crippen molar-refractivity contribution in [2.45, 2.75) is 19.1 Å². The molecule has 1 fully saturated rings. The van der Waals surface area contributed by atoms with E-state index >= 15 is 0 Å². The highest BCUT2D eigenvalue weighted by Gasteiger charge is 2.35. The smallest absolute Gasteiger partial charge is 0.350 e. The summed E-state index contributed by atoms with van der Waals surface area (Å²) in [4.78, 5) is 14.1. The number of pyridine rings is 1. The van der Waals surface area contributed by atoms with E-state index in [0.717, 1.165) is 6.54 Å². The van der Waals surface area contributed by atoms with Crippen LogP contribution in [0.4, 0.5) is 0 Å². The quantitative estimate of drug-likeness (QED) is 0.800. The van der Waals surface area contributed by atoms with Crippen LogP contribution in [0.5, 0.6) is 0 Å². The number of β-amino-alcohol motifs (C(OH)–C–C–N with tert-alkyl or cyclic N) is 1. The van der Waals surface area contributed by atoms with Crippen LogP contribution in [0.25, 0.3) is 5.65 Å². The average molecular weight is 248 g/mol. The molecule has 0 amide bonds. The predicted octanol–water partition coefficient (Wildman–Crippen LogP) is -0.437. The Morgan fingerprint density at radius 1 is 1.39 bits per heavy atom. The zero-order chi connectivity index (χ0) is 12.8. The van der Waals surface area contributed by atoms with Crippen LogP contribution < -0.4 is 5.69 Å². The standard InChI is InChI=1S/C12H16N4O2/c1-12(18)8-14(9-12)6-7-16-11(17)15-5-3-2-4-10(15)13-16/h2-5,18H,6-9H2,1H3. The van der Waals surface area contributed by atoms with Gasteiger partial charge in [0.15, 0.2) is 5.65 Å². The molecule has 6 nitrogen and oxygen atoms in total. The third-order valence-electron chi connectivity index (χ3n) is 3.24. The van der Waals surface area contributed by atoms with Crippen molar-refractivity contribution in [3.63, 3.8) is 0 Å². The van der Waals surface area contributed by atoms with Gasteiger partial charge in [0, 0.05) is 25.8 Å². The van der Waals surface area contributed by atoms with E-state index in [4.69, 9.17) is 0 Å². The lowest BCUT2D eigenvalue weighted by molar-refractivity contribution is -0.0843. The second-order valence-corrected chi connectivity index (χ2v) is 5.14. The Balaban J connectivity index is 1.72. The molecule has 0 aliphatic carbocycles. The molecule has 1 aliphatic rings. The van der Waals surface area contributed by atoms with Crippen LogP contribution in [0.2, 0.25) is 0 Å². The number of hydrogen-bond donors (Lipinski definition) is 1. The maximum absolute atomic E-state index is 12.0. The van der Waals surface area contributed by atoms with Crippen molar-refractivity contribution >= 4 is 5.65 Å². The first-order chi connectivity index (χ1) is 8.55. The first-order valence-electron chi connectivity index (χ1n) is 6.04. The van der Waals surface area contributed by atoms with Gasteiger partial charge < -0.3 is 5.11 Å². The monoisotopic (exact) mass is 248 g/mol. The van der Waals surface area contributed by atoms with Gasteiger partial charge in [0.05, 0.1) is 12.1 Å². The van der Waals surface area contributed by atoms with E-state index in [9.17, 15) is 9.90 Å². The van der Waals surface area contributed by atoms with Gasteiger partial charge in [-0.15, -0.1) is 5.10 Å². The van der Waals surface area contributed by atoms with Crippen LogP contribution in [-0.4, -0.2) is 49.4 Å². The number of rotatable bonds is 3. The summed E-state index contributed by atoms with van der Waals surface area (Å²) in [5.41, 5.74) is -0.0138. The van der Waals surface area contributed by atoms with Gasteiger partial charge in [0.2, 0.25) is 0 Å². The molecule has 3 rings (SSSR count). The van der Waals surface area contributed by atoms with Crippen LogP contribution in [0, 0.1) is 0 Å². The molecular formula is C12H16N4O2. The van der Waals surface area contributed by atoms with E-state index in [1.54, 1.807) is 6.20 Å². The molecule has 18 heavy (non-hydrogen) atoms. The average Bonchev–Trinajstić information content (AvgIpc) is 2.62. The fourth-order valence-electron chi connectivity index (χ4n) is 2.43. The van der Waals surface area contributed by atoms with Crippen LogP contribution in [0.3, 0.4) is 0 Å². The fourth-order valence-corrected chi connectivity index (χ4v) is 2.43. The lowest BCUT2D eigenvalue weighted by Crippen LogP contribution is -2.60. The summed E-state index contributed by atoms with van der Waals surface area (Å²) in [6.07, 6.45) is 1.72. The van der Waals surface area contributed by atoms with E-state index < -0.39 is 5.60 Å². The highest BCUT2D eigenvalue weighted by Crippen LogP contribution is 2.18. The summed E-state index contributed by atoms with van der Waals surface area (Å²) in [5, 5.41) is 13.9. The van der Waals surface area contributed by atoms with Gasteiger partial charge in [-0.2, -0.15) is 0 Å². The lowest BCUT2D eigenvalue weighted by atomic mass is 9.97. The molecule has 0 bridgehead atoms. The van der Waals surface area contributed by atoms with E-state index in [1.807, 2.05) is 25.1 Å². The zero-order valence-corrected chi connectivity index (χ0v) is 10.3. The number of hydrogen-bond acceptors (Lipinski definition) is 4. The Bertz CT molecular complexity index is 620. The predicted molar refractivity (Wildman–Crippen MR) is 66.5 cm³/mol. The van der Waals surface area contributed by atoms with Gasteiger partial charge >= 0.3 is 5.69 Å². The van der Waals surface area contributed by atoms with Crippen LogP contribution >= 0.6 is 0 Å². The topological polar surface area (TPSA) is 62.8 Å². The van der Waals surface area contributed by atoms with Gasteiger partial charge in [-0.1, -0.05) is 6.07 Å².